The van der Waals surface area contributed by atoms with E-state index in [9.17, 15) is 14.4 Å². The molecule has 24 heavy (non-hydrogen) atoms. The smallest absolute Gasteiger partial charge is 0.332 e. The highest BCUT2D eigenvalue weighted by Crippen LogP contribution is 2.16. The Kier molecular flexibility index (Phi) is 3.94. The van der Waals surface area contributed by atoms with Gasteiger partial charge < -0.3 is 14.8 Å². The minimum absolute atomic E-state index is 0.0136. The summed E-state index contributed by atoms with van der Waals surface area (Å²) in [6.45, 7) is 6.28. The first-order chi connectivity index (χ1) is 11.3. The lowest BCUT2D eigenvalue weighted by atomic mass is 10.1. The predicted octanol–water partition coefficient (Wildman–Crippen LogP) is -0.735. The molecule has 0 spiro atoms. The highest BCUT2D eigenvalue weighted by Gasteiger charge is 2.25. The first-order valence-electron chi connectivity index (χ1n) is 8.00. The van der Waals surface area contributed by atoms with Gasteiger partial charge in [-0.15, -0.1) is 0 Å². The van der Waals surface area contributed by atoms with Crippen molar-refractivity contribution in [2.24, 2.45) is 20.0 Å². The van der Waals surface area contributed by atoms with Crippen molar-refractivity contribution in [3.05, 3.63) is 20.8 Å². The summed E-state index contributed by atoms with van der Waals surface area (Å²) in [6, 6.07) is 0. The molecule has 9 nitrogen and oxygen atoms in total. The summed E-state index contributed by atoms with van der Waals surface area (Å²) in [7, 11) is 3.04. The van der Waals surface area contributed by atoms with Gasteiger partial charge in [0.05, 0.1) is 0 Å². The third-order valence-corrected chi connectivity index (χ3v) is 4.47. The van der Waals surface area contributed by atoms with Crippen LogP contribution in [0.15, 0.2) is 9.59 Å². The second kappa shape index (κ2) is 5.81. The zero-order valence-electron chi connectivity index (χ0n) is 14.4. The first-order valence-corrected chi connectivity index (χ1v) is 8.00. The monoisotopic (exact) mass is 334 g/mol. The van der Waals surface area contributed by atoms with Crippen LogP contribution in [0.25, 0.3) is 11.2 Å². The van der Waals surface area contributed by atoms with Crippen molar-refractivity contribution in [2.75, 3.05) is 31.1 Å². The van der Waals surface area contributed by atoms with Crippen LogP contribution in [0.3, 0.4) is 0 Å². The first kappa shape index (κ1) is 16.3. The topological polar surface area (TPSA) is 96.2 Å². The Balaban J connectivity index is 1.89. The maximum atomic E-state index is 12.2. The third-order valence-electron chi connectivity index (χ3n) is 4.47. The lowest BCUT2D eigenvalue weighted by Crippen LogP contribution is -2.50. The van der Waals surface area contributed by atoms with Gasteiger partial charge in [0.15, 0.2) is 11.2 Å². The molecular weight excluding hydrogens is 312 g/mol. The molecule has 0 aromatic carbocycles. The quantitative estimate of drug-likeness (QED) is 0.781. The fourth-order valence-corrected chi connectivity index (χ4v) is 2.97. The molecule has 2 aromatic rings. The minimum Gasteiger partial charge on any atom is -0.339 e. The van der Waals surface area contributed by atoms with Crippen molar-refractivity contribution in [2.45, 2.75) is 13.8 Å². The molecule has 130 valence electrons. The summed E-state index contributed by atoms with van der Waals surface area (Å²) in [5, 5.41) is 0. The Labute approximate surface area is 138 Å². The van der Waals surface area contributed by atoms with E-state index in [1.54, 1.807) is 7.05 Å². The average Bonchev–Trinajstić information content (AvgIpc) is 3.03. The van der Waals surface area contributed by atoms with Crippen LogP contribution in [0.5, 0.6) is 0 Å². The number of aromatic nitrogens is 4. The zero-order chi connectivity index (χ0) is 17.6. The molecule has 1 amide bonds. The number of imidazole rings is 1. The van der Waals surface area contributed by atoms with Crippen molar-refractivity contribution in [3.8, 4) is 0 Å². The standard InChI is InChI=1S/C15H22N6O3/c1-9(2)12(22)20-5-7-21(8-6-20)14-16-10-11(17-14)18(3)15(24)19(4)13(10)23/h9H,5-8H2,1-4H3,(H,16,17). The zero-order valence-corrected chi connectivity index (χ0v) is 14.4. The Hall–Kier alpha value is -2.58. The van der Waals surface area contributed by atoms with E-state index in [0.29, 0.717) is 43.3 Å². The van der Waals surface area contributed by atoms with Gasteiger partial charge in [-0.05, 0) is 0 Å². The number of carbonyl (C=O) groups is 1. The van der Waals surface area contributed by atoms with Gasteiger partial charge in [0, 0.05) is 46.2 Å². The molecule has 0 radical (unpaired) electrons. The van der Waals surface area contributed by atoms with Crippen molar-refractivity contribution >= 4 is 23.0 Å². The number of amides is 1. The van der Waals surface area contributed by atoms with Crippen LogP contribution in [0.4, 0.5) is 5.95 Å². The number of fused-ring (bicyclic) bond motifs is 1. The lowest BCUT2D eigenvalue weighted by Gasteiger charge is -2.35. The van der Waals surface area contributed by atoms with Crippen LogP contribution in [0, 0.1) is 5.92 Å². The van der Waals surface area contributed by atoms with Crippen molar-refractivity contribution in [3.63, 3.8) is 0 Å². The molecule has 0 bridgehead atoms. The number of nitrogens with one attached hydrogen (secondary N) is 1. The van der Waals surface area contributed by atoms with E-state index in [-0.39, 0.29) is 17.4 Å². The molecule has 2 aromatic heterocycles. The number of anilines is 1. The van der Waals surface area contributed by atoms with E-state index in [2.05, 4.69) is 9.97 Å². The van der Waals surface area contributed by atoms with E-state index >= 15 is 0 Å². The minimum atomic E-state index is -0.405. The van der Waals surface area contributed by atoms with E-state index in [4.69, 9.17) is 0 Å². The highest BCUT2D eigenvalue weighted by atomic mass is 16.2. The van der Waals surface area contributed by atoms with Gasteiger partial charge >= 0.3 is 5.69 Å². The number of rotatable bonds is 2. The summed E-state index contributed by atoms with van der Waals surface area (Å²) < 4.78 is 2.42. The number of H-pyrrole nitrogens is 1. The molecule has 1 saturated heterocycles. The maximum Gasteiger partial charge on any atom is 0.332 e. The molecule has 9 heteroatoms. The van der Waals surface area contributed by atoms with Crippen LogP contribution in [0.2, 0.25) is 0 Å². The van der Waals surface area contributed by atoms with Crippen LogP contribution in [0.1, 0.15) is 13.8 Å². The maximum absolute atomic E-state index is 12.2. The molecule has 0 atom stereocenters. The molecule has 0 saturated carbocycles. The fraction of sp³-hybridized carbons (Fsp3) is 0.600. The van der Waals surface area contributed by atoms with Gasteiger partial charge in [0.2, 0.25) is 11.9 Å². The van der Waals surface area contributed by atoms with Crippen LogP contribution in [-0.2, 0) is 18.9 Å². The Morgan fingerprint density at radius 3 is 2.29 bits per heavy atom. The van der Waals surface area contributed by atoms with E-state index in [1.807, 2.05) is 23.6 Å². The number of hydrogen-bond donors (Lipinski definition) is 1. The molecule has 1 aliphatic rings. The number of piperazine rings is 1. The number of carbonyl (C=O) groups excluding carboxylic acids is 1. The number of aryl methyl sites for hydroxylation is 1. The molecule has 3 rings (SSSR count). The van der Waals surface area contributed by atoms with Crippen molar-refractivity contribution < 1.29 is 4.79 Å². The molecule has 3 heterocycles. The highest BCUT2D eigenvalue weighted by molar-refractivity contribution is 5.78. The largest absolute Gasteiger partial charge is 0.339 e. The van der Waals surface area contributed by atoms with Gasteiger partial charge in [-0.25, -0.2) is 4.79 Å². The molecule has 1 N–H and O–H groups in total. The van der Waals surface area contributed by atoms with E-state index in [1.165, 1.54) is 11.6 Å². The Morgan fingerprint density at radius 2 is 1.71 bits per heavy atom. The van der Waals surface area contributed by atoms with E-state index in [0.717, 1.165) is 4.57 Å². The average molecular weight is 334 g/mol. The normalized spacial score (nSPS) is 15.5. The molecular formula is C15H22N6O3. The Morgan fingerprint density at radius 1 is 1.08 bits per heavy atom. The summed E-state index contributed by atoms with van der Waals surface area (Å²) in [4.78, 5) is 47.5. The van der Waals surface area contributed by atoms with Crippen LogP contribution >= 0.6 is 0 Å². The van der Waals surface area contributed by atoms with Crippen molar-refractivity contribution in [1.82, 2.24) is 24.0 Å². The molecule has 1 aliphatic heterocycles. The van der Waals surface area contributed by atoms with Crippen molar-refractivity contribution in [1.29, 1.82) is 0 Å². The third kappa shape index (κ3) is 2.49. The molecule has 0 aliphatic carbocycles. The van der Waals surface area contributed by atoms with Gasteiger partial charge in [0.1, 0.15) is 0 Å². The van der Waals surface area contributed by atoms with Gasteiger partial charge in [-0.1, -0.05) is 13.8 Å². The van der Waals surface area contributed by atoms with Gasteiger partial charge in [-0.2, -0.15) is 4.98 Å². The second-order valence-corrected chi connectivity index (χ2v) is 6.43. The van der Waals surface area contributed by atoms with Gasteiger partial charge in [0.25, 0.3) is 5.56 Å². The lowest BCUT2D eigenvalue weighted by molar-refractivity contribution is -0.134. The summed E-state index contributed by atoms with van der Waals surface area (Å²) in [6.07, 6.45) is 0. The molecule has 1 fully saturated rings. The summed E-state index contributed by atoms with van der Waals surface area (Å²) in [5.41, 5.74) is -0.132. The Bertz CT molecular complexity index is 898. The predicted molar refractivity (Wildman–Crippen MR) is 90.2 cm³/mol. The SMILES string of the molecule is CC(C)C(=O)N1CCN(c2nc3c([nH]2)c(=O)n(C)c(=O)n3C)CC1. The van der Waals surface area contributed by atoms with E-state index < -0.39 is 5.69 Å². The van der Waals surface area contributed by atoms with Crippen LogP contribution in [-0.4, -0.2) is 56.1 Å². The summed E-state index contributed by atoms with van der Waals surface area (Å²) in [5.74, 6) is 0.691. The number of aromatic amines is 1. The second-order valence-electron chi connectivity index (χ2n) is 6.43. The summed E-state index contributed by atoms with van der Waals surface area (Å²) >= 11 is 0. The van der Waals surface area contributed by atoms with Gasteiger partial charge in [-0.3, -0.25) is 18.7 Å². The van der Waals surface area contributed by atoms with Crippen LogP contribution < -0.4 is 16.1 Å². The molecule has 0 unspecified atom stereocenters. The number of nitrogens with zero attached hydrogens (tertiary/aromatic N) is 5. The number of hydrogen-bond acceptors (Lipinski definition) is 5. The fourth-order valence-electron chi connectivity index (χ4n) is 2.97.